The average molecular weight is 939 g/mol. The van der Waals surface area contributed by atoms with Crippen molar-refractivity contribution in [3.05, 3.63) is 78.1 Å². The third-order valence-electron chi connectivity index (χ3n) is 12.5. The highest BCUT2D eigenvalue weighted by atomic mass is 19.4. The topological polar surface area (TPSA) is 201 Å². The number of methoxy groups -OCH3 is 2. The van der Waals surface area contributed by atoms with Crippen molar-refractivity contribution in [1.82, 2.24) is 30.1 Å². The second-order valence-corrected chi connectivity index (χ2v) is 17.5. The van der Waals surface area contributed by atoms with Gasteiger partial charge in [-0.2, -0.15) is 0 Å². The maximum Gasteiger partial charge on any atom is 0.573 e. The maximum atomic E-state index is 15.7. The van der Waals surface area contributed by atoms with E-state index in [0.717, 1.165) is 12.1 Å². The van der Waals surface area contributed by atoms with E-state index in [9.17, 15) is 37.5 Å². The van der Waals surface area contributed by atoms with Gasteiger partial charge in [-0.25, -0.2) is 19.2 Å². The SMILES string of the molecule is COC(=O)N[C@H](C(=O)N1C[C@@H](OC)C[C@H]1c1ncc(-c2ccc(-c3cc(F)c(NC(=O)c4ccc(N5CCN(C(=O)C(C)(C)CO)C[C@H]5C)nc4)cc3OC(F)(F)F)cc2)[nH]1)C1CCOCC1. The summed E-state index contributed by atoms with van der Waals surface area (Å²) in [6.07, 6.45) is -1.85. The predicted molar refractivity (Wildman–Crippen MR) is 235 cm³/mol. The molecule has 2 aromatic carbocycles. The second kappa shape index (κ2) is 20.3. The Morgan fingerprint density at radius 2 is 1.69 bits per heavy atom. The molecule has 3 aliphatic rings. The number of anilines is 2. The highest BCUT2D eigenvalue weighted by Gasteiger charge is 2.44. The molecule has 4 atom stereocenters. The summed E-state index contributed by atoms with van der Waals surface area (Å²) in [5.41, 5.74) is -0.442. The standard InChI is InChI=1S/C46H54F4N8O9/c1-26-23-56(43(62)45(2,3)25-59)14-15-57(26)38-11-10-30(21-51-38)41(60)54-34-20-37(67-46(48,49)50)32(19-33(34)47)27-6-8-28(9-7-27)35-22-52-40(53-35)36-18-31(64-4)24-58(36)42(61)39(55-44(63)65-5)29-12-16-66-17-13-29/h6-11,19-22,26,29,31,36,39,59H,12-18,23-25H2,1-5H3,(H,52,53)(H,54,60)(H,55,63)/t26-,31+,36+,39+/m1/s1. The van der Waals surface area contributed by atoms with Crippen LogP contribution in [0.4, 0.5) is 33.9 Å². The zero-order valence-electron chi connectivity index (χ0n) is 37.7. The molecule has 17 nitrogen and oxygen atoms in total. The number of aromatic amines is 1. The van der Waals surface area contributed by atoms with E-state index in [1.54, 1.807) is 55.2 Å². The van der Waals surface area contributed by atoms with Gasteiger partial charge >= 0.3 is 12.5 Å². The Balaban J connectivity index is 1.06. The van der Waals surface area contributed by atoms with Crippen LogP contribution in [-0.4, -0.2) is 138 Å². The number of amides is 4. The first-order valence-electron chi connectivity index (χ1n) is 21.8. The number of halogens is 4. The van der Waals surface area contributed by atoms with E-state index in [0.29, 0.717) is 75.0 Å². The summed E-state index contributed by atoms with van der Waals surface area (Å²) in [7, 11) is 2.77. The number of aromatic nitrogens is 3. The van der Waals surface area contributed by atoms with E-state index in [1.807, 2.05) is 11.8 Å². The molecule has 67 heavy (non-hydrogen) atoms. The van der Waals surface area contributed by atoms with Crippen molar-refractivity contribution in [2.24, 2.45) is 11.3 Å². The van der Waals surface area contributed by atoms with Crippen LogP contribution in [0.5, 0.6) is 5.75 Å². The zero-order chi connectivity index (χ0) is 48.2. The normalized spacial score (nSPS) is 19.8. The Hall–Kier alpha value is -6.32. The zero-order valence-corrected chi connectivity index (χ0v) is 37.7. The van der Waals surface area contributed by atoms with E-state index in [1.165, 1.54) is 31.5 Å². The number of aliphatic hydroxyl groups excluding tert-OH is 1. The number of piperazine rings is 1. The fourth-order valence-corrected chi connectivity index (χ4v) is 8.69. The number of benzene rings is 2. The molecule has 5 heterocycles. The van der Waals surface area contributed by atoms with Crippen molar-refractivity contribution in [3.63, 3.8) is 0 Å². The summed E-state index contributed by atoms with van der Waals surface area (Å²) in [4.78, 5) is 70.2. The van der Waals surface area contributed by atoms with Crippen molar-refractivity contribution in [3.8, 4) is 28.1 Å². The Labute approximate surface area is 384 Å². The van der Waals surface area contributed by atoms with Crippen LogP contribution in [0.15, 0.2) is 60.9 Å². The van der Waals surface area contributed by atoms with Gasteiger partial charge in [0.15, 0.2) is 0 Å². The third-order valence-corrected chi connectivity index (χ3v) is 12.5. The molecule has 0 spiro atoms. The number of carbonyl (C=O) groups is 4. The first-order valence-corrected chi connectivity index (χ1v) is 21.8. The number of nitrogens with zero attached hydrogens (tertiary/aromatic N) is 5. The van der Waals surface area contributed by atoms with Gasteiger partial charge in [-0.05, 0) is 68.9 Å². The van der Waals surface area contributed by atoms with Gasteiger partial charge < -0.3 is 54.4 Å². The molecule has 360 valence electrons. The molecule has 4 aromatic rings. The smallest absolute Gasteiger partial charge is 0.453 e. The van der Waals surface area contributed by atoms with Crippen LogP contribution in [0.2, 0.25) is 0 Å². The first kappa shape index (κ1) is 48.6. The van der Waals surface area contributed by atoms with Crippen molar-refractivity contribution in [2.75, 3.05) is 70.4 Å². The molecule has 3 fully saturated rings. The summed E-state index contributed by atoms with van der Waals surface area (Å²) in [5, 5.41) is 14.7. The number of hydrogen-bond acceptors (Lipinski definition) is 12. The number of rotatable bonds is 13. The van der Waals surface area contributed by atoms with Crippen LogP contribution in [0, 0.1) is 17.2 Å². The quantitative estimate of drug-likeness (QED) is 0.116. The lowest BCUT2D eigenvalue weighted by atomic mass is 9.90. The first-order chi connectivity index (χ1) is 31.9. The summed E-state index contributed by atoms with van der Waals surface area (Å²) in [6, 6.07) is 9.25. The Bertz CT molecular complexity index is 2410. The Morgan fingerprint density at radius 3 is 2.31 bits per heavy atom. The summed E-state index contributed by atoms with van der Waals surface area (Å²) in [6.45, 7) is 7.34. The van der Waals surface area contributed by atoms with Crippen molar-refractivity contribution < 1.29 is 60.8 Å². The number of alkyl carbamates (subject to hydrolysis) is 1. The van der Waals surface area contributed by atoms with Gasteiger partial charge in [-0.1, -0.05) is 24.3 Å². The highest BCUT2D eigenvalue weighted by molar-refractivity contribution is 6.04. The highest BCUT2D eigenvalue weighted by Crippen LogP contribution is 2.40. The summed E-state index contributed by atoms with van der Waals surface area (Å²) in [5.74, 6) is -2.32. The molecule has 3 saturated heterocycles. The minimum atomic E-state index is -5.16. The van der Waals surface area contributed by atoms with Crippen molar-refractivity contribution in [1.29, 1.82) is 0 Å². The largest absolute Gasteiger partial charge is 0.573 e. The molecule has 21 heteroatoms. The predicted octanol–water partition coefficient (Wildman–Crippen LogP) is 5.92. The van der Waals surface area contributed by atoms with Gasteiger partial charge in [0.1, 0.15) is 29.3 Å². The molecule has 4 amide bonds. The number of aliphatic hydroxyl groups is 1. The van der Waals surface area contributed by atoms with Crippen molar-refractivity contribution >= 4 is 35.3 Å². The molecule has 2 aromatic heterocycles. The van der Waals surface area contributed by atoms with Gasteiger partial charge in [0.25, 0.3) is 5.91 Å². The molecule has 4 N–H and O–H groups in total. The Kier molecular flexibility index (Phi) is 14.7. The lowest BCUT2D eigenvalue weighted by molar-refractivity contribution is -0.274. The minimum absolute atomic E-state index is 0.00901. The molecule has 3 aliphatic heterocycles. The van der Waals surface area contributed by atoms with Gasteiger partial charge in [0.2, 0.25) is 11.8 Å². The number of imidazole rings is 1. The molecule has 0 saturated carbocycles. The molecule has 0 unspecified atom stereocenters. The van der Waals surface area contributed by atoms with E-state index in [4.69, 9.17) is 14.2 Å². The van der Waals surface area contributed by atoms with E-state index < -0.39 is 53.1 Å². The number of likely N-dealkylation sites (tertiary alicyclic amines) is 1. The van der Waals surface area contributed by atoms with E-state index in [-0.39, 0.29) is 59.7 Å². The molecule has 0 bridgehead atoms. The van der Waals surface area contributed by atoms with Crippen LogP contribution in [0.3, 0.4) is 0 Å². The Morgan fingerprint density at radius 1 is 0.970 bits per heavy atom. The third kappa shape index (κ3) is 11.1. The number of H-pyrrole nitrogens is 1. The van der Waals surface area contributed by atoms with E-state index >= 15 is 4.39 Å². The monoisotopic (exact) mass is 938 g/mol. The molecular weight excluding hydrogens is 885 g/mol. The minimum Gasteiger partial charge on any atom is -0.453 e. The second-order valence-electron chi connectivity index (χ2n) is 17.5. The number of pyridine rings is 1. The number of carbonyl (C=O) groups excluding carboxylic acids is 4. The number of alkyl halides is 3. The molecule has 7 rings (SSSR count). The van der Waals surface area contributed by atoms with Crippen LogP contribution in [-0.2, 0) is 23.8 Å². The summed E-state index contributed by atoms with van der Waals surface area (Å²) < 4.78 is 77.4. The van der Waals surface area contributed by atoms with Crippen LogP contribution in [0.1, 0.15) is 62.3 Å². The van der Waals surface area contributed by atoms with Crippen LogP contribution < -0.4 is 20.3 Å². The van der Waals surface area contributed by atoms with Crippen LogP contribution in [0.25, 0.3) is 22.4 Å². The number of ether oxygens (including phenoxy) is 4. The molecule has 0 radical (unpaired) electrons. The van der Waals surface area contributed by atoms with Gasteiger partial charge in [-0.15, -0.1) is 13.2 Å². The molecule has 0 aliphatic carbocycles. The fourth-order valence-electron chi connectivity index (χ4n) is 8.69. The maximum absolute atomic E-state index is 15.7. The number of nitrogens with one attached hydrogen (secondary N) is 3. The summed E-state index contributed by atoms with van der Waals surface area (Å²) >= 11 is 0. The lowest BCUT2D eigenvalue weighted by Gasteiger charge is -2.42. The van der Waals surface area contributed by atoms with Crippen molar-refractivity contribution in [2.45, 2.75) is 70.6 Å². The van der Waals surface area contributed by atoms with E-state index in [2.05, 4.69) is 30.3 Å². The average Bonchev–Trinajstić information content (AvgIpc) is 3.99. The lowest BCUT2D eigenvalue weighted by Crippen LogP contribution is -2.56. The van der Waals surface area contributed by atoms with Gasteiger partial charge in [-0.3, -0.25) is 14.4 Å². The van der Waals surface area contributed by atoms with Gasteiger partial charge in [0.05, 0.1) is 54.4 Å². The van der Waals surface area contributed by atoms with Gasteiger partial charge in [0, 0.05) is 76.8 Å². The molecular formula is C46H54F4N8O9. The number of hydrogen-bond donors (Lipinski definition) is 4. The van der Waals surface area contributed by atoms with Crippen LogP contribution >= 0.6 is 0 Å². The fraction of sp³-hybridized carbons (Fsp3) is 0.478.